The van der Waals surface area contributed by atoms with Gasteiger partial charge in [-0.25, -0.2) is 18.9 Å². The monoisotopic (exact) mass is 728 g/mol. The highest BCUT2D eigenvalue weighted by molar-refractivity contribution is 7.52. The quantitative estimate of drug-likeness (QED) is 0.135. The Bertz CT molecular complexity index is 1640. The van der Waals surface area contributed by atoms with Crippen LogP contribution in [0.1, 0.15) is 74.5 Å². The minimum absolute atomic E-state index is 0.0756. The number of alkyl carbamates (subject to hydrolysis) is 1. The first kappa shape index (κ1) is 40.4. The van der Waals surface area contributed by atoms with Crippen LogP contribution in [0, 0.1) is 11.7 Å². The molecule has 0 unspecified atom stereocenters. The molecule has 6 atom stereocenters. The van der Waals surface area contributed by atoms with Gasteiger partial charge in [0.15, 0.2) is 0 Å². The van der Waals surface area contributed by atoms with E-state index in [2.05, 4.69) is 10.4 Å². The van der Waals surface area contributed by atoms with Crippen LogP contribution in [0.3, 0.4) is 0 Å². The van der Waals surface area contributed by atoms with E-state index in [0.29, 0.717) is 6.20 Å². The number of nitrogens with one attached hydrogen (secondary N) is 3. The topological polar surface area (TPSA) is 203 Å². The van der Waals surface area contributed by atoms with Crippen molar-refractivity contribution in [2.45, 2.75) is 110 Å². The number of esters is 2. The Labute approximate surface area is 288 Å². The summed E-state index contributed by atoms with van der Waals surface area (Å²) in [5.41, 5.74) is -3.10. The molecule has 50 heavy (non-hydrogen) atoms. The van der Waals surface area contributed by atoms with Gasteiger partial charge in [-0.2, -0.15) is 9.48 Å². The number of H-pyrrole nitrogens is 1. The summed E-state index contributed by atoms with van der Waals surface area (Å²) in [4.78, 5) is 64.8. The lowest BCUT2D eigenvalue weighted by molar-refractivity contribution is -0.156. The van der Waals surface area contributed by atoms with E-state index in [4.69, 9.17) is 28.0 Å². The standard InChI is InChI=1S/C32H46FN4O12P/c1-18(2)14-23(34-31(42)48-32(6,7)8)29(40)47-24-15-26(37-16-22(33)27(38)35-30(37)41)46-25(24)17-44-50(43,49-21-12-10-9-11-13-21)36-20(5)28(39)45-19(3)4/h9-13,16,18-20,23-26H,14-15,17H2,1-8H3,(H,34,42)(H,36,43)(H,35,38,41)/t20-,23-,24-,25+,26+,50-/m0/s1. The van der Waals surface area contributed by atoms with Gasteiger partial charge in [0.1, 0.15) is 41.9 Å². The summed E-state index contributed by atoms with van der Waals surface area (Å²) in [6.07, 6.45) is -4.54. The number of aromatic amines is 1. The maximum absolute atomic E-state index is 14.2. The molecule has 1 amide bonds. The van der Waals surface area contributed by atoms with Gasteiger partial charge in [-0.05, 0) is 66.0 Å². The minimum Gasteiger partial charge on any atom is -0.462 e. The van der Waals surface area contributed by atoms with Crippen LogP contribution < -0.4 is 26.2 Å². The second kappa shape index (κ2) is 17.2. The summed E-state index contributed by atoms with van der Waals surface area (Å²) < 4.78 is 62.8. The van der Waals surface area contributed by atoms with Gasteiger partial charge in [-0.1, -0.05) is 32.0 Å². The fourth-order valence-corrected chi connectivity index (χ4v) is 6.19. The Kier molecular flexibility index (Phi) is 13.9. The molecule has 278 valence electrons. The third-order valence-electron chi connectivity index (χ3n) is 6.80. The summed E-state index contributed by atoms with van der Waals surface area (Å²) in [6, 6.07) is 5.62. The van der Waals surface area contributed by atoms with Crippen molar-refractivity contribution in [2.24, 2.45) is 5.92 Å². The number of carbonyl (C=O) groups is 3. The van der Waals surface area contributed by atoms with E-state index in [1.54, 1.807) is 52.8 Å². The van der Waals surface area contributed by atoms with Gasteiger partial charge >= 0.3 is 31.5 Å². The molecule has 3 rings (SSSR count). The predicted octanol–water partition coefficient (Wildman–Crippen LogP) is 3.95. The van der Waals surface area contributed by atoms with Crippen LogP contribution in [0.15, 0.2) is 46.1 Å². The van der Waals surface area contributed by atoms with E-state index in [0.717, 1.165) is 4.57 Å². The second-order valence-corrected chi connectivity index (χ2v) is 15.0. The third-order valence-corrected chi connectivity index (χ3v) is 8.44. The van der Waals surface area contributed by atoms with E-state index < -0.39 is 91.7 Å². The van der Waals surface area contributed by atoms with E-state index in [1.807, 2.05) is 18.8 Å². The van der Waals surface area contributed by atoms with Crippen molar-refractivity contribution in [3.05, 3.63) is 63.2 Å². The first-order valence-electron chi connectivity index (χ1n) is 16.1. The van der Waals surface area contributed by atoms with Gasteiger partial charge in [-0.3, -0.25) is 23.7 Å². The van der Waals surface area contributed by atoms with Gasteiger partial charge in [0.05, 0.1) is 18.9 Å². The van der Waals surface area contributed by atoms with Gasteiger partial charge in [0.2, 0.25) is 5.82 Å². The molecule has 1 aromatic carbocycles. The Balaban J connectivity index is 1.92. The Hall–Kier alpha value is -4.05. The zero-order chi connectivity index (χ0) is 37.4. The SMILES string of the molecule is CC(C)C[C@H](NC(=O)OC(C)(C)C)C(=O)O[C@H]1C[C@H](n2cc(F)c(=O)[nH]c2=O)O[C@@H]1CO[P@@](=O)(N[C@@H](C)C(=O)OC(C)C)Oc1ccccc1. The maximum Gasteiger partial charge on any atom is 0.459 e. The molecule has 1 aliphatic rings. The van der Waals surface area contributed by atoms with Crippen molar-refractivity contribution < 1.29 is 51.3 Å². The lowest BCUT2D eigenvalue weighted by Gasteiger charge is -2.27. The molecule has 3 N–H and O–H groups in total. The third kappa shape index (κ3) is 12.4. The number of benzene rings is 1. The molecule has 2 aromatic rings. The van der Waals surface area contributed by atoms with E-state index in [9.17, 15) is 32.9 Å². The highest BCUT2D eigenvalue weighted by Gasteiger charge is 2.43. The van der Waals surface area contributed by atoms with Crippen molar-refractivity contribution >= 4 is 25.8 Å². The molecule has 0 bridgehead atoms. The van der Waals surface area contributed by atoms with Crippen LogP contribution in [-0.4, -0.2) is 70.2 Å². The van der Waals surface area contributed by atoms with Crippen molar-refractivity contribution in [1.29, 1.82) is 0 Å². The summed E-state index contributed by atoms with van der Waals surface area (Å²) in [5, 5.41) is 5.06. The summed E-state index contributed by atoms with van der Waals surface area (Å²) >= 11 is 0. The van der Waals surface area contributed by atoms with E-state index >= 15 is 0 Å². The number of para-hydroxylation sites is 1. The first-order valence-corrected chi connectivity index (χ1v) is 17.6. The minimum atomic E-state index is -4.42. The summed E-state index contributed by atoms with van der Waals surface area (Å²) in [6.45, 7) is 12.7. The van der Waals surface area contributed by atoms with Gasteiger partial charge < -0.3 is 28.8 Å². The van der Waals surface area contributed by atoms with Crippen LogP contribution in [0.5, 0.6) is 5.75 Å². The van der Waals surface area contributed by atoms with Crippen molar-refractivity contribution in [3.63, 3.8) is 0 Å². The zero-order valence-corrected chi connectivity index (χ0v) is 30.2. The molecule has 0 aliphatic carbocycles. The summed E-state index contributed by atoms with van der Waals surface area (Å²) in [7, 11) is -4.42. The van der Waals surface area contributed by atoms with Gasteiger partial charge in [0.25, 0.3) is 5.56 Å². The molecule has 1 saturated heterocycles. The van der Waals surface area contributed by atoms with E-state index in [-0.39, 0.29) is 24.5 Å². The predicted molar refractivity (Wildman–Crippen MR) is 177 cm³/mol. The number of ether oxygens (including phenoxy) is 4. The lowest BCUT2D eigenvalue weighted by atomic mass is 10.0. The van der Waals surface area contributed by atoms with Crippen LogP contribution in [0.2, 0.25) is 0 Å². The fourth-order valence-electron chi connectivity index (χ4n) is 4.69. The Morgan fingerprint density at radius 2 is 1.74 bits per heavy atom. The van der Waals surface area contributed by atoms with Crippen molar-refractivity contribution in [2.75, 3.05) is 6.61 Å². The smallest absolute Gasteiger partial charge is 0.459 e. The van der Waals surface area contributed by atoms with Gasteiger partial charge in [0, 0.05) is 6.42 Å². The number of rotatable bonds is 15. The highest BCUT2D eigenvalue weighted by Crippen LogP contribution is 2.46. The van der Waals surface area contributed by atoms with Gasteiger partial charge in [-0.15, -0.1) is 0 Å². The fraction of sp³-hybridized carbons (Fsp3) is 0.594. The average molecular weight is 729 g/mol. The molecule has 0 radical (unpaired) electrons. The molecule has 1 aromatic heterocycles. The number of hydrogen-bond donors (Lipinski definition) is 3. The number of carbonyl (C=O) groups excluding carboxylic acids is 3. The van der Waals surface area contributed by atoms with Crippen molar-refractivity contribution in [1.82, 2.24) is 20.0 Å². The van der Waals surface area contributed by atoms with Crippen molar-refractivity contribution in [3.8, 4) is 5.75 Å². The molecular weight excluding hydrogens is 682 g/mol. The molecule has 0 spiro atoms. The second-order valence-electron chi connectivity index (χ2n) is 13.3. The van der Waals surface area contributed by atoms with Crippen LogP contribution >= 0.6 is 7.75 Å². The molecule has 1 aliphatic heterocycles. The largest absolute Gasteiger partial charge is 0.462 e. The molecule has 16 nitrogen and oxygen atoms in total. The van der Waals surface area contributed by atoms with E-state index in [1.165, 1.54) is 19.1 Å². The molecule has 0 saturated carbocycles. The Morgan fingerprint density at radius 3 is 2.34 bits per heavy atom. The lowest BCUT2D eigenvalue weighted by Crippen LogP contribution is -2.46. The number of aromatic nitrogens is 2. The number of hydrogen-bond acceptors (Lipinski definition) is 12. The molecule has 1 fully saturated rings. The molecular formula is C32H46FN4O12P. The zero-order valence-electron chi connectivity index (χ0n) is 29.3. The van der Waals surface area contributed by atoms with Crippen LogP contribution in [0.25, 0.3) is 0 Å². The van der Waals surface area contributed by atoms with Crippen LogP contribution in [-0.2, 0) is 37.6 Å². The number of nitrogens with zero attached hydrogens (tertiary/aromatic N) is 1. The van der Waals surface area contributed by atoms with Crippen LogP contribution in [0.4, 0.5) is 9.18 Å². The molecule has 18 heteroatoms. The first-order chi connectivity index (χ1) is 23.2. The average Bonchev–Trinajstić information content (AvgIpc) is 3.38. The number of amides is 1. The summed E-state index contributed by atoms with van der Waals surface area (Å²) in [5.74, 6) is -2.84. The highest BCUT2D eigenvalue weighted by atomic mass is 31.2. The molecule has 2 heterocycles. The maximum atomic E-state index is 14.2. The Morgan fingerprint density at radius 1 is 1.08 bits per heavy atom. The normalized spacial score (nSPS) is 20.1. The number of halogens is 1.